The number of nitrogens with one attached hydrogen (secondary N) is 1. The van der Waals surface area contributed by atoms with Gasteiger partial charge < -0.3 is 5.73 Å². The summed E-state index contributed by atoms with van der Waals surface area (Å²) in [7, 11) is -4.33. The normalized spacial score (nSPS) is 12.3. The Morgan fingerprint density at radius 2 is 2.00 bits per heavy atom. The van der Waals surface area contributed by atoms with Crippen LogP contribution in [0.2, 0.25) is 0 Å². The van der Waals surface area contributed by atoms with E-state index in [1.165, 1.54) is 6.07 Å². The van der Waals surface area contributed by atoms with Crippen LogP contribution in [-0.4, -0.2) is 31.1 Å². The number of nitro groups is 1. The summed E-state index contributed by atoms with van der Waals surface area (Å²) in [5.41, 5.74) is -0.299. The monoisotopic (exact) mass is 345 g/mol. The van der Waals surface area contributed by atoms with Crippen molar-refractivity contribution in [3.8, 4) is 0 Å². The molecule has 0 aliphatic rings. The molecule has 0 aliphatic heterocycles. The van der Waals surface area contributed by atoms with Crippen molar-refractivity contribution in [1.82, 2.24) is 4.72 Å². The van der Waals surface area contributed by atoms with Crippen molar-refractivity contribution in [3.63, 3.8) is 0 Å². The number of para-hydroxylation sites is 1. The van der Waals surface area contributed by atoms with Crippen LogP contribution < -0.4 is 10.5 Å². The van der Waals surface area contributed by atoms with Crippen LogP contribution in [0, 0.1) is 10.1 Å². The molecule has 0 saturated heterocycles. The van der Waals surface area contributed by atoms with Gasteiger partial charge in [-0.1, -0.05) is 6.07 Å². The van der Waals surface area contributed by atoms with Crippen LogP contribution in [0.25, 0.3) is 0 Å². The van der Waals surface area contributed by atoms with Crippen molar-refractivity contribution >= 4 is 33.2 Å². The Kier molecular flexibility index (Phi) is 5.42. The minimum Gasteiger partial charge on any atom is -0.393 e. The molecule has 0 amide bonds. The van der Waals surface area contributed by atoms with Crippen molar-refractivity contribution in [3.05, 3.63) is 28.3 Å². The van der Waals surface area contributed by atoms with Gasteiger partial charge in [0.05, 0.1) is 4.92 Å². The third kappa shape index (κ3) is 5.06. The molecular weight excluding hydrogens is 335 g/mol. The number of rotatable bonds is 6. The van der Waals surface area contributed by atoms with E-state index in [4.69, 9.17) is 5.73 Å². The number of hydrogen-bond acceptors (Lipinski definition) is 6. The molecule has 7 nitrogen and oxygen atoms in total. The van der Waals surface area contributed by atoms with E-state index in [9.17, 15) is 31.7 Å². The summed E-state index contributed by atoms with van der Waals surface area (Å²) in [5.74, 6) is -0.557. The predicted octanol–water partition coefficient (Wildman–Crippen LogP) is 1.71. The zero-order valence-corrected chi connectivity index (χ0v) is 11.9. The molecule has 0 unspecified atom stereocenters. The molecule has 0 aliphatic carbocycles. The standard InChI is InChI=1S/C9H10F3N3O4S2/c10-9(11,12)20-5-4-14-21(18,19)7-3-1-2-6(13)8(7)15(16)17/h1-3,14H,4-5,13H2. The number of halogens is 3. The highest BCUT2D eigenvalue weighted by molar-refractivity contribution is 8.00. The Morgan fingerprint density at radius 3 is 2.52 bits per heavy atom. The summed E-state index contributed by atoms with van der Waals surface area (Å²) in [6, 6.07) is 3.30. The number of hydrogen-bond donors (Lipinski definition) is 2. The van der Waals surface area contributed by atoms with Gasteiger partial charge in [0.2, 0.25) is 10.0 Å². The Hall–Kier alpha value is -1.53. The Bertz CT molecular complexity index is 634. The van der Waals surface area contributed by atoms with Crippen molar-refractivity contribution < 1.29 is 26.5 Å². The molecule has 0 bridgehead atoms. The minimum atomic E-state index is -4.48. The molecule has 0 spiro atoms. The molecule has 0 fully saturated rings. The first kappa shape index (κ1) is 17.5. The van der Waals surface area contributed by atoms with Crippen molar-refractivity contribution in [2.75, 3.05) is 18.0 Å². The van der Waals surface area contributed by atoms with Gasteiger partial charge in [0.1, 0.15) is 5.69 Å². The van der Waals surface area contributed by atoms with Crippen LogP contribution in [0.5, 0.6) is 0 Å². The van der Waals surface area contributed by atoms with Crippen molar-refractivity contribution in [2.24, 2.45) is 0 Å². The van der Waals surface area contributed by atoms with E-state index >= 15 is 0 Å². The van der Waals surface area contributed by atoms with Crippen LogP contribution in [0.3, 0.4) is 0 Å². The number of nitrogen functional groups attached to an aromatic ring is 1. The van der Waals surface area contributed by atoms with E-state index in [2.05, 4.69) is 0 Å². The number of alkyl halides is 3. The number of nitrogens with zero attached hydrogens (tertiary/aromatic N) is 1. The lowest BCUT2D eigenvalue weighted by molar-refractivity contribution is -0.386. The van der Waals surface area contributed by atoms with Crippen LogP contribution in [0.4, 0.5) is 24.5 Å². The summed E-state index contributed by atoms with van der Waals surface area (Å²) in [4.78, 5) is 9.18. The van der Waals surface area contributed by atoms with Gasteiger partial charge in [-0.3, -0.25) is 10.1 Å². The number of nitro benzene ring substituents is 1. The summed E-state index contributed by atoms with van der Waals surface area (Å²) < 4.78 is 61.3. The van der Waals surface area contributed by atoms with Gasteiger partial charge in [-0.2, -0.15) is 13.2 Å². The number of anilines is 1. The largest absolute Gasteiger partial charge is 0.441 e. The van der Waals surface area contributed by atoms with Gasteiger partial charge in [0.25, 0.3) is 0 Å². The average molecular weight is 345 g/mol. The number of benzene rings is 1. The molecule has 3 N–H and O–H groups in total. The molecule has 0 saturated carbocycles. The number of nitrogens with two attached hydrogens (primary N) is 1. The van der Waals surface area contributed by atoms with Crippen molar-refractivity contribution in [2.45, 2.75) is 10.4 Å². The van der Waals surface area contributed by atoms with E-state index in [1.54, 1.807) is 0 Å². The summed E-state index contributed by atoms with van der Waals surface area (Å²) in [5, 5.41) is 10.8. The van der Waals surface area contributed by atoms with E-state index in [0.29, 0.717) is 0 Å². The first-order valence-corrected chi connectivity index (χ1v) is 7.75. The molecule has 12 heteroatoms. The van der Waals surface area contributed by atoms with E-state index < -0.39 is 55.1 Å². The first-order valence-electron chi connectivity index (χ1n) is 5.28. The molecular formula is C9H10F3N3O4S2. The lowest BCUT2D eigenvalue weighted by Gasteiger charge is -2.09. The zero-order chi connectivity index (χ0) is 16.3. The van der Waals surface area contributed by atoms with Crippen LogP contribution in [0.1, 0.15) is 0 Å². The van der Waals surface area contributed by atoms with Crippen LogP contribution in [0.15, 0.2) is 23.1 Å². The van der Waals surface area contributed by atoms with E-state index in [-0.39, 0.29) is 5.69 Å². The van der Waals surface area contributed by atoms with Crippen molar-refractivity contribution in [1.29, 1.82) is 0 Å². The molecule has 1 rings (SSSR count). The lowest BCUT2D eigenvalue weighted by Crippen LogP contribution is -2.27. The summed E-state index contributed by atoms with van der Waals surface area (Å²) in [6.07, 6.45) is 0. The van der Waals surface area contributed by atoms with Gasteiger partial charge >= 0.3 is 11.2 Å². The molecule has 21 heavy (non-hydrogen) atoms. The third-order valence-electron chi connectivity index (χ3n) is 2.16. The third-order valence-corrected chi connectivity index (χ3v) is 4.39. The minimum absolute atomic E-state index is 0.354. The Morgan fingerprint density at radius 1 is 1.38 bits per heavy atom. The lowest BCUT2D eigenvalue weighted by atomic mass is 10.3. The highest BCUT2D eigenvalue weighted by Gasteiger charge is 2.30. The van der Waals surface area contributed by atoms with Gasteiger partial charge in [-0.05, 0) is 23.9 Å². The number of sulfonamides is 1. The SMILES string of the molecule is Nc1cccc(S(=O)(=O)NCCSC(F)(F)F)c1[N+](=O)[O-]. The van der Waals surface area contributed by atoms with Gasteiger partial charge in [0.15, 0.2) is 4.90 Å². The Balaban J connectivity index is 2.89. The number of thioether (sulfide) groups is 1. The van der Waals surface area contributed by atoms with Gasteiger partial charge in [-0.25, -0.2) is 13.1 Å². The molecule has 1 aromatic rings. The summed E-state index contributed by atoms with van der Waals surface area (Å²) in [6.45, 7) is -0.529. The summed E-state index contributed by atoms with van der Waals surface area (Å²) >= 11 is -0.402. The maximum atomic E-state index is 11.9. The molecule has 0 atom stereocenters. The fourth-order valence-electron chi connectivity index (χ4n) is 1.37. The van der Waals surface area contributed by atoms with Crippen LogP contribution >= 0.6 is 11.8 Å². The quantitative estimate of drug-likeness (QED) is 0.351. The molecule has 118 valence electrons. The second-order valence-electron chi connectivity index (χ2n) is 3.64. The maximum Gasteiger partial charge on any atom is 0.441 e. The molecule has 0 heterocycles. The fourth-order valence-corrected chi connectivity index (χ4v) is 3.17. The fraction of sp³-hybridized carbons (Fsp3) is 0.333. The molecule has 0 aromatic heterocycles. The molecule has 0 radical (unpaired) electrons. The highest BCUT2D eigenvalue weighted by atomic mass is 32.2. The van der Waals surface area contributed by atoms with E-state index in [1.807, 2.05) is 4.72 Å². The van der Waals surface area contributed by atoms with Gasteiger partial charge in [-0.15, -0.1) is 0 Å². The average Bonchev–Trinajstić information content (AvgIpc) is 2.33. The smallest absolute Gasteiger partial charge is 0.393 e. The highest BCUT2D eigenvalue weighted by Crippen LogP contribution is 2.31. The predicted molar refractivity (Wildman–Crippen MR) is 71.2 cm³/mol. The van der Waals surface area contributed by atoms with E-state index in [0.717, 1.165) is 12.1 Å². The maximum absolute atomic E-state index is 11.9. The Labute approximate surface area is 121 Å². The molecule has 1 aromatic carbocycles. The van der Waals surface area contributed by atoms with Crippen LogP contribution in [-0.2, 0) is 10.0 Å². The second-order valence-corrected chi connectivity index (χ2v) is 6.54. The zero-order valence-electron chi connectivity index (χ0n) is 10.3. The topological polar surface area (TPSA) is 115 Å². The second kappa shape index (κ2) is 6.49. The first-order chi connectivity index (χ1) is 9.54. The van der Waals surface area contributed by atoms with Gasteiger partial charge in [0, 0.05) is 12.3 Å².